The average Bonchev–Trinajstić information content (AvgIpc) is 2.53. The van der Waals surface area contributed by atoms with Crippen molar-refractivity contribution in [1.29, 1.82) is 0 Å². The second-order valence-corrected chi connectivity index (χ2v) is 5.13. The van der Waals surface area contributed by atoms with Gasteiger partial charge in [0.2, 0.25) is 0 Å². The lowest BCUT2D eigenvalue weighted by atomic mass is 9.97. The third-order valence-electron chi connectivity index (χ3n) is 3.67. The number of nitrogens with zero attached hydrogens (tertiary/aromatic N) is 1. The summed E-state index contributed by atoms with van der Waals surface area (Å²) in [6.45, 7) is 1.98. The second kappa shape index (κ2) is 5.54. The third kappa shape index (κ3) is 2.48. The number of ether oxygens (including phenoxy) is 1. The van der Waals surface area contributed by atoms with Gasteiger partial charge in [-0.1, -0.05) is 30.3 Å². The van der Waals surface area contributed by atoms with Crippen LogP contribution in [0, 0.1) is 0 Å². The molecule has 0 aliphatic heterocycles. The summed E-state index contributed by atoms with van der Waals surface area (Å²) >= 11 is 0. The van der Waals surface area contributed by atoms with Crippen LogP contribution in [-0.4, -0.2) is 12.1 Å². The zero-order chi connectivity index (χ0) is 14.8. The molecular formula is C18H18N2O. The van der Waals surface area contributed by atoms with Crippen molar-refractivity contribution in [2.24, 2.45) is 5.73 Å². The van der Waals surface area contributed by atoms with E-state index in [4.69, 9.17) is 10.5 Å². The van der Waals surface area contributed by atoms with E-state index in [0.29, 0.717) is 0 Å². The number of pyridine rings is 1. The molecule has 0 aliphatic carbocycles. The molecule has 3 rings (SSSR count). The van der Waals surface area contributed by atoms with E-state index in [2.05, 4.69) is 29.2 Å². The predicted octanol–water partition coefficient (Wildman–Crippen LogP) is 3.93. The molecule has 1 atom stereocenters. The molecule has 0 spiro atoms. The first-order valence-corrected chi connectivity index (χ1v) is 6.98. The van der Waals surface area contributed by atoms with Gasteiger partial charge in [0.05, 0.1) is 12.6 Å². The molecule has 1 aromatic heterocycles. The minimum Gasteiger partial charge on any atom is -0.496 e. The van der Waals surface area contributed by atoms with E-state index < -0.39 is 0 Å². The summed E-state index contributed by atoms with van der Waals surface area (Å²) in [6, 6.07) is 16.2. The molecule has 0 radical (unpaired) electrons. The van der Waals surface area contributed by atoms with Crippen LogP contribution in [0.4, 0.5) is 0 Å². The summed E-state index contributed by atoms with van der Waals surface area (Å²) in [7, 11) is 1.68. The van der Waals surface area contributed by atoms with Crippen molar-refractivity contribution in [2.75, 3.05) is 7.11 Å². The number of nitrogens with two attached hydrogens (primary N) is 1. The van der Waals surface area contributed by atoms with Crippen LogP contribution in [0.1, 0.15) is 18.5 Å². The van der Waals surface area contributed by atoms with Gasteiger partial charge in [-0.25, -0.2) is 0 Å². The number of hydrogen-bond acceptors (Lipinski definition) is 3. The molecule has 3 aromatic rings. The molecule has 1 unspecified atom stereocenters. The van der Waals surface area contributed by atoms with E-state index in [0.717, 1.165) is 33.3 Å². The summed E-state index contributed by atoms with van der Waals surface area (Å²) in [6.07, 6.45) is 1.81. The Morgan fingerprint density at radius 2 is 1.86 bits per heavy atom. The van der Waals surface area contributed by atoms with Crippen molar-refractivity contribution >= 4 is 10.9 Å². The Balaban J connectivity index is 2.28. The van der Waals surface area contributed by atoms with Gasteiger partial charge in [0.25, 0.3) is 0 Å². The van der Waals surface area contributed by atoms with Gasteiger partial charge >= 0.3 is 0 Å². The summed E-state index contributed by atoms with van der Waals surface area (Å²) in [4.78, 5) is 4.52. The molecule has 21 heavy (non-hydrogen) atoms. The van der Waals surface area contributed by atoms with Crippen molar-refractivity contribution in [3.8, 4) is 16.9 Å². The van der Waals surface area contributed by atoms with Gasteiger partial charge in [-0.15, -0.1) is 0 Å². The highest BCUT2D eigenvalue weighted by Gasteiger charge is 2.12. The van der Waals surface area contributed by atoms with Crippen LogP contribution < -0.4 is 10.5 Å². The molecule has 3 nitrogen and oxygen atoms in total. The lowest BCUT2D eigenvalue weighted by Crippen LogP contribution is -2.05. The monoisotopic (exact) mass is 278 g/mol. The maximum Gasteiger partial charge on any atom is 0.126 e. The molecule has 1 heterocycles. The first kappa shape index (κ1) is 13.6. The zero-order valence-corrected chi connectivity index (χ0v) is 12.2. The Hall–Kier alpha value is -2.39. The average molecular weight is 278 g/mol. The largest absolute Gasteiger partial charge is 0.496 e. The maximum absolute atomic E-state index is 6.01. The Morgan fingerprint density at radius 3 is 2.62 bits per heavy atom. The van der Waals surface area contributed by atoms with Crippen LogP contribution in [0.3, 0.4) is 0 Å². The van der Waals surface area contributed by atoms with Gasteiger partial charge in [0, 0.05) is 28.8 Å². The third-order valence-corrected chi connectivity index (χ3v) is 3.67. The Labute approximate surface area is 124 Å². The van der Waals surface area contributed by atoms with Crippen molar-refractivity contribution in [3.05, 3.63) is 60.3 Å². The number of methoxy groups -OCH3 is 1. The zero-order valence-electron chi connectivity index (χ0n) is 12.2. The van der Waals surface area contributed by atoms with Crippen LogP contribution in [-0.2, 0) is 0 Å². The first-order chi connectivity index (χ1) is 10.2. The van der Waals surface area contributed by atoms with Gasteiger partial charge in [0.15, 0.2) is 0 Å². The summed E-state index contributed by atoms with van der Waals surface area (Å²) in [5.74, 6) is 0.831. The van der Waals surface area contributed by atoms with E-state index in [1.807, 2.05) is 37.4 Å². The van der Waals surface area contributed by atoms with E-state index in [1.165, 1.54) is 0 Å². The van der Waals surface area contributed by atoms with Crippen molar-refractivity contribution < 1.29 is 4.74 Å². The number of hydrogen-bond donors (Lipinski definition) is 1. The SMILES string of the molecule is COc1ccc(C(C)N)cc1-c1cccc2cccnc12. The molecule has 2 aromatic carbocycles. The van der Waals surface area contributed by atoms with Gasteiger partial charge in [0.1, 0.15) is 5.75 Å². The highest BCUT2D eigenvalue weighted by molar-refractivity contribution is 5.95. The smallest absolute Gasteiger partial charge is 0.126 e. The van der Waals surface area contributed by atoms with E-state index in [-0.39, 0.29) is 6.04 Å². The molecule has 0 saturated heterocycles. The molecule has 0 amide bonds. The van der Waals surface area contributed by atoms with Gasteiger partial charge < -0.3 is 10.5 Å². The Morgan fingerprint density at radius 1 is 1.05 bits per heavy atom. The lowest BCUT2D eigenvalue weighted by molar-refractivity contribution is 0.416. The molecular weight excluding hydrogens is 260 g/mol. The maximum atomic E-state index is 6.01. The molecule has 0 aliphatic rings. The topological polar surface area (TPSA) is 48.1 Å². The van der Waals surface area contributed by atoms with Crippen LogP contribution in [0.2, 0.25) is 0 Å². The first-order valence-electron chi connectivity index (χ1n) is 6.98. The summed E-state index contributed by atoms with van der Waals surface area (Å²) < 4.78 is 5.51. The fourth-order valence-corrected chi connectivity index (χ4v) is 2.54. The van der Waals surface area contributed by atoms with Crippen LogP contribution >= 0.6 is 0 Å². The fourth-order valence-electron chi connectivity index (χ4n) is 2.54. The number of benzene rings is 2. The minimum atomic E-state index is -0.0161. The van der Waals surface area contributed by atoms with Gasteiger partial charge in [-0.2, -0.15) is 0 Å². The molecule has 106 valence electrons. The Bertz CT molecular complexity index is 776. The number of rotatable bonds is 3. The van der Waals surface area contributed by atoms with E-state index in [1.54, 1.807) is 7.11 Å². The quantitative estimate of drug-likeness (QED) is 0.789. The number of fused-ring (bicyclic) bond motifs is 1. The van der Waals surface area contributed by atoms with Gasteiger partial charge in [-0.05, 0) is 30.7 Å². The second-order valence-electron chi connectivity index (χ2n) is 5.13. The molecule has 0 fully saturated rings. The molecule has 2 N–H and O–H groups in total. The molecule has 3 heteroatoms. The van der Waals surface area contributed by atoms with Gasteiger partial charge in [-0.3, -0.25) is 4.98 Å². The van der Waals surface area contributed by atoms with Crippen molar-refractivity contribution in [1.82, 2.24) is 4.98 Å². The highest BCUT2D eigenvalue weighted by atomic mass is 16.5. The normalized spacial score (nSPS) is 12.3. The molecule has 0 saturated carbocycles. The standard InChI is InChI=1S/C18H18N2O/c1-12(19)14-8-9-17(21-2)16(11-14)15-7-3-5-13-6-4-10-20-18(13)15/h3-12H,19H2,1-2H3. The molecule has 0 bridgehead atoms. The Kier molecular flexibility index (Phi) is 3.59. The van der Waals surface area contributed by atoms with E-state index >= 15 is 0 Å². The van der Waals surface area contributed by atoms with Crippen molar-refractivity contribution in [3.63, 3.8) is 0 Å². The van der Waals surface area contributed by atoms with E-state index in [9.17, 15) is 0 Å². The minimum absolute atomic E-state index is 0.0161. The predicted molar refractivity (Wildman–Crippen MR) is 86.3 cm³/mol. The summed E-state index contributed by atoms with van der Waals surface area (Å²) in [5.41, 5.74) is 10.1. The number of para-hydroxylation sites is 1. The number of aromatic nitrogens is 1. The fraction of sp³-hybridized carbons (Fsp3) is 0.167. The summed E-state index contributed by atoms with van der Waals surface area (Å²) in [5, 5.41) is 1.11. The van der Waals surface area contributed by atoms with Crippen LogP contribution in [0.15, 0.2) is 54.7 Å². The highest BCUT2D eigenvalue weighted by Crippen LogP contribution is 2.35. The lowest BCUT2D eigenvalue weighted by Gasteiger charge is -2.14. The van der Waals surface area contributed by atoms with Crippen molar-refractivity contribution in [2.45, 2.75) is 13.0 Å². The van der Waals surface area contributed by atoms with Crippen LogP contribution in [0.5, 0.6) is 5.75 Å². The van der Waals surface area contributed by atoms with Crippen LogP contribution in [0.25, 0.3) is 22.0 Å².